The normalized spacial score (nSPS) is 12.5. The third-order valence-electron chi connectivity index (χ3n) is 5.56. The Balaban J connectivity index is 1.39. The summed E-state index contributed by atoms with van der Waals surface area (Å²) >= 11 is 0. The zero-order valence-corrected chi connectivity index (χ0v) is 18.6. The molecule has 0 bridgehead atoms. The lowest BCUT2D eigenvalue weighted by Crippen LogP contribution is -2.39. The lowest BCUT2D eigenvalue weighted by atomic mass is 9.99. The number of urea groups is 1. The van der Waals surface area contributed by atoms with Crippen LogP contribution in [0.5, 0.6) is 11.5 Å². The number of fused-ring (bicyclic) bond motifs is 1. The minimum atomic E-state index is -0.220. The Bertz CT molecular complexity index is 1150. The fraction of sp³-hybridized carbons (Fsp3) is 0.240. The summed E-state index contributed by atoms with van der Waals surface area (Å²) in [6.45, 7) is 1.43. The van der Waals surface area contributed by atoms with Gasteiger partial charge in [-0.2, -0.15) is 0 Å². The number of carbonyl (C=O) groups excluding carboxylic acids is 2. The van der Waals surface area contributed by atoms with E-state index in [-0.39, 0.29) is 11.9 Å². The number of nitrogens with zero attached hydrogens (tertiary/aromatic N) is 2. The van der Waals surface area contributed by atoms with Crippen LogP contribution in [0.25, 0.3) is 0 Å². The van der Waals surface area contributed by atoms with Crippen molar-refractivity contribution in [2.24, 2.45) is 0 Å². The van der Waals surface area contributed by atoms with E-state index in [0.29, 0.717) is 42.4 Å². The van der Waals surface area contributed by atoms with Gasteiger partial charge in [0, 0.05) is 43.3 Å². The monoisotopic (exact) mass is 446 g/mol. The van der Waals surface area contributed by atoms with Crippen LogP contribution in [0.3, 0.4) is 0 Å². The Morgan fingerprint density at radius 1 is 1.03 bits per heavy atom. The average molecular weight is 447 g/mol. The van der Waals surface area contributed by atoms with Crippen molar-refractivity contribution in [2.75, 3.05) is 26.1 Å². The highest BCUT2D eigenvalue weighted by Crippen LogP contribution is 2.33. The first-order valence-electron chi connectivity index (χ1n) is 10.6. The Kier molecular flexibility index (Phi) is 6.73. The molecule has 0 saturated heterocycles. The van der Waals surface area contributed by atoms with Crippen molar-refractivity contribution in [3.05, 3.63) is 83.2 Å². The van der Waals surface area contributed by atoms with Crippen molar-refractivity contribution in [1.82, 2.24) is 15.2 Å². The molecule has 0 radical (unpaired) electrons. The molecule has 0 aliphatic carbocycles. The number of aromatic nitrogens is 1. The summed E-state index contributed by atoms with van der Waals surface area (Å²) in [5.74, 6) is 1.11. The van der Waals surface area contributed by atoms with Gasteiger partial charge in [-0.15, -0.1) is 0 Å². The molecule has 0 spiro atoms. The van der Waals surface area contributed by atoms with Crippen molar-refractivity contribution >= 4 is 17.6 Å². The van der Waals surface area contributed by atoms with E-state index in [4.69, 9.17) is 9.47 Å². The largest absolute Gasteiger partial charge is 0.493 e. The van der Waals surface area contributed by atoms with Crippen LogP contribution >= 0.6 is 0 Å². The Hall–Kier alpha value is -4.07. The molecule has 1 aliphatic rings. The average Bonchev–Trinajstić information content (AvgIpc) is 2.86. The molecule has 8 heteroatoms. The summed E-state index contributed by atoms with van der Waals surface area (Å²) in [6.07, 6.45) is 4.12. The number of benzene rings is 2. The zero-order valence-electron chi connectivity index (χ0n) is 18.6. The Morgan fingerprint density at radius 2 is 1.82 bits per heavy atom. The zero-order chi connectivity index (χ0) is 23.2. The quantitative estimate of drug-likeness (QED) is 0.603. The molecule has 0 unspecified atom stereocenters. The summed E-state index contributed by atoms with van der Waals surface area (Å²) in [7, 11) is 3.21. The maximum absolute atomic E-state index is 12.9. The predicted molar refractivity (Wildman–Crippen MR) is 125 cm³/mol. The number of carbonyl (C=O) groups is 2. The molecular weight excluding hydrogens is 420 g/mol. The van der Waals surface area contributed by atoms with Crippen LogP contribution in [-0.2, 0) is 19.5 Å². The Labute approximate surface area is 192 Å². The van der Waals surface area contributed by atoms with Gasteiger partial charge in [0.25, 0.3) is 5.91 Å². The smallest absolute Gasteiger partial charge is 0.322 e. The van der Waals surface area contributed by atoms with Gasteiger partial charge in [-0.25, -0.2) is 4.79 Å². The minimum Gasteiger partial charge on any atom is -0.493 e. The first kappa shape index (κ1) is 22.1. The minimum absolute atomic E-state index is 0.219. The number of methoxy groups -OCH3 is 2. The van der Waals surface area contributed by atoms with Crippen molar-refractivity contribution < 1.29 is 19.1 Å². The first-order chi connectivity index (χ1) is 16.1. The topological polar surface area (TPSA) is 92.8 Å². The SMILES string of the molecule is COc1cc2c(cc1OC)CN(C(=O)Nc1cccc(C(=O)NCc3cccnc3)c1)CC2. The van der Waals surface area contributed by atoms with E-state index in [1.165, 1.54) is 0 Å². The van der Waals surface area contributed by atoms with Crippen molar-refractivity contribution in [2.45, 2.75) is 19.5 Å². The van der Waals surface area contributed by atoms with Crippen LogP contribution in [0.1, 0.15) is 27.0 Å². The maximum Gasteiger partial charge on any atom is 0.322 e. The van der Waals surface area contributed by atoms with Gasteiger partial charge in [-0.3, -0.25) is 9.78 Å². The van der Waals surface area contributed by atoms with E-state index in [9.17, 15) is 9.59 Å². The highest BCUT2D eigenvalue weighted by atomic mass is 16.5. The molecule has 2 N–H and O–H groups in total. The summed E-state index contributed by atoms with van der Waals surface area (Å²) in [5, 5.41) is 5.77. The molecule has 0 atom stereocenters. The van der Waals surface area contributed by atoms with E-state index in [2.05, 4.69) is 15.6 Å². The summed E-state index contributed by atoms with van der Waals surface area (Å²) in [6, 6.07) is 14.3. The summed E-state index contributed by atoms with van der Waals surface area (Å²) in [4.78, 5) is 31.2. The summed E-state index contributed by atoms with van der Waals surface area (Å²) in [5.41, 5.74) is 4.11. The number of anilines is 1. The number of rotatable bonds is 6. The second kappa shape index (κ2) is 10.0. The van der Waals surface area contributed by atoms with E-state index >= 15 is 0 Å². The fourth-order valence-corrected chi connectivity index (χ4v) is 3.78. The molecule has 2 aromatic carbocycles. The Morgan fingerprint density at radius 3 is 2.55 bits per heavy atom. The molecule has 1 aliphatic heterocycles. The van der Waals surface area contributed by atoms with Crippen LogP contribution < -0.4 is 20.1 Å². The number of ether oxygens (including phenoxy) is 2. The van der Waals surface area contributed by atoms with Crippen LogP contribution in [0.4, 0.5) is 10.5 Å². The molecule has 0 saturated carbocycles. The van der Waals surface area contributed by atoms with E-state index in [1.807, 2.05) is 24.3 Å². The van der Waals surface area contributed by atoms with Gasteiger partial charge in [0.1, 0.15) is 0 Å². The molecular formula is C25H26N4O4. The van der Waals surface area contributed by atoms with Gasteiger partial charge >= 0.3 is 6.03 Å². The predicted octanol–water partition coefficient (Wildman–Crippen LogP) is 3.62. The summed E-state index contributed by atoms with van der Waals surface area (Å²) < 4.78 is 10.8. The van der Waals surface area contributed by atoms with Crippen LogP contribution in [0.15, 0.2) is 60.9 Å². The number of hydrogen-bond donors (Lipinski definition) is 2. The lowest BCUT2D eigenvalue weighted by Gasteiger charge is -2.29. The highest BCUT2D eigenvalue weighted by Gasteiger charge is 2.23. The van der Waals surface area contributed by atoms with E-state index < -0.39 is 0 Å². The lowest BCUT2D eigenvalue weighted by molar-refractivity contribution is 0.0951. The standard InChI is InChI=1S/C25H26N4O4/c1-32-22-12-18-8-10-29(16-20(18)13-23(22)33-2)25(31)28-21-7-3-6-19(11-21)24(30)27-15-17-5-4-9-26-14-17/h3-7,9,11-14H,8,10,15-16H2,1-2H3,(H,27,30)(H,28,31). The number of pyridine rings is 1. The second-order valence-electron chi connectivity index (χ2n) is 7.70. The van der Waals surface area contributed by atoms with Crippen molar-refractivity contribution in [3.63, 3.8) is 0 Å². The van der Waals surface area contributed by atoms with Crippen LogP contribution in [0.2, 0.25) is 0 Å². The molecule has 1 aromatic heterocycles. The number of hydrogen-bond acceptors (Lipinski definition) is 5. The first-order valence-corrected chi connectivity index (χ1v) is 10.6. The van der Waals surface area contributed by atoms with E-state index in [1.54, 1.807) is 55.8 Å². The number of nitrogens with one attached hydrogen (secondary N) is 2. The van der Waals surface area contributed by atoms with Crippen LogP contribution in [-0.4, -0.2) is 42.6 Å². The molecule has 170 valence electrons. The third-order valence-corrected chi connectivity index (χ3v) is 5.56. The van der Waals surface area contributed by atoms with Gasteiger partial charge in [0.2, 0.25) is 0 Å². The molecule has 33 heavy (non-hydrogen) atoms. The molecule has 0 fully saturated rings. The molecule has 8 nitrogen and oxygen atoms in total. The highest BCUT2D eigenvalue weighted by molar-refractivity contribution is 5.96. The van der Waals surface area contributed by atoms with Crippen molar-refractivity contribution in [3.8, 4) is 11.5 Å². The molecule has 3 amide bonds. The molecule has 4 rings (SSSR count). The fourth-order valence-electron chi connectivity index (χ4n) is 3.78. The second-order valence-corrected chi connectivity index (χ2v) is 7.70. The van der Waals surface area contributed by atoms with Gasteiger partial charge in [0.15, 0.2) is 11.5 Å². The molecule has 3 aromatic rings. The van der Waals surface area contributed by atoms with Gasteiger partial charge in [-0.1, -0.05) is 12.1 Å². The maximum atomic E-state index is 12.9. The van der Waals surface area contributed by atoms with Crippen LogP contribution in [0, 0.1) is 0 Å². The third kappa shape index (κ3) is 5.23. The van der Waals surface area contributed by atoms with Crippen molar-refractivity contribution in [1.29, 1.82) is 0 Å². The van der Waals surface area contributed by atoms with Gasteiger partial charge < -0.3 is 25.0 Å². The number of amides is 3. The van der Waals surface area contributed by atoms with Gasteiger partial charge in [-0.05, 0) is 59.5 Å². The molecule has 2 heterocycles. The van der Waals surface area contributed by atoms with E-state index in [0.717, 1.165) is 23.1 Å². The van der Waals surface area contributed by atoms with Gasteiger partial charge in [0.05, 0.1) is 14.2 Å².